The average Bonchev–Trinajstić information content (AvgIpc) is 3.03. The fourth-order valence-corrected chi connectivity index (χ4v) is 4.29. The van der Waals surface area contributed by atoms with Crippen LogP contribution in [-0.2, 0) is 4.79 Å². The molecular weight excluding hydrogens is 288 g/mol. The van der Waals surface area contributed by atoms with Crippen LogP contribution in [0, 0.1) is 5.92 Å². The zero-order valence-corrected chi connectivity index (χ0v) is 14.3. The molecule has 3 nitrogen and oxygen atoms in total. The van der Waals surface area contributed by atoms with Gasteiger partial charge in [-0.15, -0.1) is 11.3 Å². The average molecular weight is 313 g/mol. The summed E-state index contributed by atoms with van der Waals surface area (Å²) in [5.41, 5.74) is 0. The van der Waals surface area contributed by atoms with Crippen molar-refractivity contribution in [3.05, 3.63) is 22.4 Å². The number of carbonyl (C=O) groups excluding carboxylic acids is 1. The molecule has 20 heavy (non-hydrogen) atoms. The summed E-state index contributed by atoms with van der Waals surface area (Å²) in [5, 5.41) is 5.62. The fourth-order valence-electron chi connectivity index (χ4n) is 2.73. The van der Waals surface area contributed by atoms with Crippen LogP contribution in [0.5, 0.6) is 0 Å². The standard InChI is InChI=1S/C15H24N2OS2/c1-5-11(9-19-4)17-14(12-7-6-8-20-12)16-13(10(2)3)15(17)18/h6-8,10-11,13-14,16H,5,9H2,1-4H3. The second kappa shape index (κ2) is 6.96. The third-order valence-electron chi connectivity index (χ3n) is 3.84. The van der Waals surface area contributed by atoms with Gasteiger partial charge in [-0.3, -0.25) is 10.1 Å². The lowest BCUT2D eigenvalue weighted by Crippen LogP contribution is -2.41. The Morgan fingerprint density at radius 1 is 1.50 bits per heavy atom. The molecule has 0 aliphatic carbocycles. The molecule has 1 aromatic heterocycles. The molecule has 2 heterocycles. The lowest BCUT2D eigenvalue weighted by molar-refractivity contribution is -0.132. The van der Waals surface area contributed by atoms with E-state index >= 15 is 0 Å². The van der Waals surface area contributed by atoms with E-state index in [1.165, 1.54) is 4.88 Å². The van der Waals surface area contributed by atoms with Crippen molar-refractivity contribution >= 4 is 29.0 Å². The molecule has 2 rings (SSSR count). The first-order valence-electron chi connectivity index (χ1n) is 7.20. The van der Waals surface area contributed by atoms with Crippen LogP contribution < -0.4 is 5.32 Å². The van der Waals surface area contributed by atoms with E-state index in [-0.39, 0.29) is 18.1 Å². The molecule has 0 radical (unpaired) electrons. The maximum atomic E-state index is 12.8. The van der Waals surface area contributed by atoms with Crippen LogP contribution in [0.2, 0.25) is 0 Å². The highest BCUT2D eigenvalue weighted by molar-refractivity contribution is 7.98. The van der Waals surface area contributed by atoms with E-state index in [1.54, 1.807) is 11.3 Å². The van der Waals surface area contributed by atoms with E-state index in [0.717, 1.165) is 12.2 Å². The maximum absolute atomic E-state index is 12.8. The summed E-state index contributed by atoms with van der Waals surface area (Å²) in [4.78, 5) is 16.1. The molecule has 0 spiro atoms. The Hall–Kier alpha value is -0.520. The number of hydrogen-bond acceptors (Lipinski definition) is 4. The highest BCUT2D eigenvalue weighted by Gasteiger charge is 2.43. The van der Waals surface area contributed by atoms with Crippen molar-refractivity contribution in [2.75, 3.05) is 12.0 Å². The van der Waals surface area contributed by atoms with Gasteiger partial charge in [0.25, 0.3) is 0 Å². The quantitative estimate of drug-likeness (QED) is 0.874. The van der Waals surface area contributed by atoms with E-state index in [0.29, 0.717) is 12.0 Å². The Balaban J connectivity index is 2.29. The van der Waals surface area contributed by atoms with Crippen molar-refractivity contribution in [2.45, 2.75) is 45.4 Å². The third kappa shape index (κ3) is 3.05. The zero-order valence-electron chi connectivity index (χ0n) is 12.6. The van der Waals surface area contributed by atoms with Crippen LogP contribution in [0.3, 0.4) is 0 Å². The number of carbonyl (C=O) groups is 1. The minimum Gasteiger partial charge on any atom is -0.317 e. The molecule has 5 heteroatoms. The van der Waals surface area contributed by atoms with Gasteiger partial charge in [0, 0.05) is 16.7 Å². The van der Waals surface area contributed by atoms with E-state index in [9.17, 15) is 4.79 Å². The van der Waals surface area contributed by atoms with Gasteiger partial charge >= 0.3 is 0 Å². The first-order valence-corrected chi connectivity index (χ1v) is 9.48. The summed E-state index contributed by atoms with van der Waals surface area (Å²) in [7, 11) is 0. The van der Waals surface area contributed by atoms with Gasteiger partial charge < -0.3 is 4.90 Å². The monoisotopic (exact) mass is 312 g/mol. The van der Waals surface area contributed by atoms with Crippen molar-refractivity contribution in [1.29, 1.82) is 0 Å². The van der Waals surface area contributed by atoms with Gasteiger partial charge in [-0.1, -0.05) is 26.8 Å². The van der Waals surface area contributed by atoms with Crippen molar-refractivity contribution < 1.29 is 4.79 Å². The molecule has 1 fully saturated rings. The Kier molecular flexibility index (Phi) is 5.52. The highest BCUT2D eigenvalue weighted by atomic mass is 32.2. The van der Waals surface area contributed by atoms with E-state index in [2.05, 4.69) is 54.8 Å². The molecule has 1 aliphatic rings. The molecule has 112 valence electrons. The van der Waals surface area contributed by atoms with Crippen molar-refractivity contribution in [3.63, 3.8) is 0 Å². The fraction of sp³-hybridized carbons (Fsp3) is 0.667. The minimum absolute atomic E-state index is 0.0481. The molecule has 0 saturated carbocycles. The molecule has 1 aromatic rings. The molecule has 1 saturated heterocycles. The number of nitrogens with zero attached hydrogens (tertiary/aromatic N) is 1. The number of hydrogen-bond donors (Lipinski definition) is 1. The molecule has 1 aliphatic heterocycles. The molecule has 3 unspecified atom stereocenters. The summed E-state index contributed by atoms with van der Waals surface area (Å²) >= 11 is 3.54. The van der Waals surface area contributed by atoms with E-state index in [1.807, 2.05) is 11.8 Å². The van der Waals surface area contributed by atoms with Gasteiger partial charge in [-0.25, -0.2) is 0 Å². The Morgan fingerprint density at radius 3 is 2.75 bits per heavy atom. The predicted molar refractivity (Wildman–Crippen MR) is 88.1 cm³/mol. The predicted octanol–water partition coefficient (Wildman–Crippen LogP) is 3.34. The number of nitrogens with one attached hydrogen (secondary N) is 1. The topological polar surface area (TPSA) is 32.3 Å². The van der Waals surface area contributed by atoms with E-state index in [4.69, 9.17) is 0 Å². The second-order valence-electron chi connectivity index (χ2n) is 5.57. The second-order valence-corrected chi connectivity index (χ2v) is 7.46. The zero-order chi connectivity index (χ0) is 14.7. The van der Waals surface area contributed by atoms with Gasteiger partial charge in [-0.05, 0) is 30.0 Å². The third-order valence-corrected chi connectivity index (χ3v) is 5.48. The molecule has 1 amide bonds. The molecular formula is C15H24N2OS2. The lowest BCUT2D eigenvalue weighted by Gasteiger charge is -2.31. The Morgan fingerprint density at radius 2 is 2.25 bits per heavy atom. The molecule has 0 bridgehead atoms. The molecule has 0 aromatic carbocycles. The number of amides is 1. The molecule has 1 N–H and O–H groups in total. The van der Waals surface area contributed by atoms with Crippen LogP contribution in [-0.4, -0.2) is 34.9 Å². The molecule has 3 atom stereocenters. The SMILES string of the molecule is CCC(CSC)N1C(=O)C(C(C)C)NC1c1cccs1. The van der Waals surface area contributed by atoms with Gasteiger partial charge in [0.05, 0.1) is 6.04 Å². The minimum atomic E-state index is -0.0574. The van der Waals surface area contributed by atoms with Crippen LogP contribution in [0.1, 0.15) is 38.2 Å². The van der Waals surface area contributed by atoms with Crippen molar-refractivity contribution in [1.82, 2.24) is 10.2 Å². The summed E-state index contributed by atoms with van der Waals surface area (Å²) in [6.45, 7) is 6.39. The van der Waals surface area contributed by atoms with Crippen molar-refractivity contribution in [2.24, 2.45) is 5.92 Å². The van der Waals surface area contributed by atoms with Gasteiger partial charge in [0.1, 0.15) is 6.17 Å². The van der Waals surface area contributed by atoms with Crippen LogP contribution in [0.15, 0.2) is 17.5 Å². The summed E-state index contributed by atoms with van der Waals surface area (Å²) in [6.07, 6.45) is 3.16. The number of rotatable bonds is 6. The maximum Gasteiger partial charge on any atom is 0.241 e. The largest absolute Gasteiger partial charge is 0.317 e. The van der Waals surface area contributed by atoms with Crippen molar-refractivity contribution in [3.8, 4) is 0 Å². The number of thiophene rings is 1. The Bertz CT molecular complexity index is 433. The van der Waals surface area contributed by atoms with Crippen LogP contribution >= 0.6 is 23.1 Å². The van der Waals surface area contributed by atoms with Gasteiger partial charge in [0.15, 0.2) is 0 Å². The van der Waals surface area contributed by atoms with E-state index < -0.39 is 0 Å². The van der Waals surface area contributed by atoms with Crippen LogP contribution in [0.25, 0.3) is 0 Å². The first-order chi connectivity index (χ1) is 9.60. The highest BCUT2D eigenvalue weighted by Crippen LogP contribution is 2.33. The number of thioether (sulfide) groups is 1. The van der Waals surface area contributed by atoms with Gasteiger partial charge in [0.2, 0.25) is 5.91 Å². The summed E-state index contributed by atoms with van der Waals surface area (Å²) < 4.78 is 0. The first kappa shape index (κ1) is 15.9. The van der Waals surface area contributed by atoms with Crippen LogP contribution in [0.4, 0.5) is 0 Å². The summed E-state index contributed by atoms with van der Waals surface area (Å²) in [5.74, 6) is 1.58. The smallest absolute Gasteiger partial charge is 0.241 e. The normalized spacial score (nSPS) is 24.6. The lowest BCUT2D eigenvalue weighted by atomic mass is 10.0. The van der Waals surface area contributed by atoms with Gasteiger partial charge in [-0.2, -0.15) is 11.8 Å². The summed E-state index contributed by atoms with van der Waals surface area (Å²) in [6, 6.07) is 4.43. The Labute approximate surface area is 130 Å².